The van der Waals surface area contributed by atoms with Crippen LogP contribution in [0.25, 0.3) is 0 Å². The molecule has 0 aromatic heterocycles. The summed E-state index contributed by atoms with van der Waals surface area (Å²) >= 11 is 0. The van der Waals surface area contributed by atoms with Gasteiger partial charge in [0.15, 0.2) is 0 Å². The molecule has 2 N–H and O–H groups in total. The molecule has 0 radical (unpaired) electrons. The van der Waals surface area contributed by atoms with Crippen LogP contribution in [0.4, 0.5) is 0 Å². The summed E-state index contributed by atoms with van der Waals surface area (Å²) < 4.78 is 0. The number of rotatable bonds is 4. The molecule has 0 aromatic rings. The Morgan fingerprint density at radius 1 is 1.71 bits per heavy atom. The smallest absolute Gasteiger partial charge is 0.306 e. The lowest BCUT2D eigenvalue weighted by molar-refractivity contribution is -0.146. The third kappa shape index (κ3) is 2.24. The topological polar surface area (TPSA) is 73.1 Å². The first-order chi connectivity index (χ1) is 6.49. The molecule has 0 unspecified atom stereocenters. The Morgan fingerprint density at radius 2 is 2.29 bits per heavy atom. The van der Waals surface area contributed by atoms with E-state index in [2.05, 4.69) is 25.2 Å². The van der Waals surface area contributed by atoms with Crippen LogP contribution in [0.1, 0.15) is 26.7 Å². The normalized spacial score (nSPS) is 30.9. The molecule has 1 aliphatic carbocycles. The van der Waals surface area contributed by atoms with E-state index in [-0.39, 0.29) is 5.92 Å². The molecule has 78 valence electrons. The molecular weight excluding hydrogens is 180 g/mol. The van der Waals surface area contributed by atoms with Crippen molar-refractivity contribution in [3.63, 3.8) is 0 Å². The zero-order valence-corrected chi connectivity index (χ0v) is 8.58. The fourth-order valence-electron chi connectivity index (χ4n) is 1.63. The first-order valence-electron chi connectivity index (χ1n) is 4.88. The molecule has 4 heteroatoms. The number of carboxylic acid groups (broad SMARTS) is 1. The van der Waals surface area contributed by atoms with Crippen molar-refractivity contribution in [1.29, 1.82) is 5.26 Å². The molecule has 0 spiro atoms. The van der Waals surface area contributed by atoms with Crippen molar-refractivity contribution in [2.75, 3.05) is 6.54 Å². The minimum Gasteiger partial charge on any atom is -0.481 e. The Kier molecular flexibility index (Phi) is 3.12. The highest BCUT2D eigenvalue weighted by Gasteiger charge is 2.47. The number of nitrogens with zero attached hydrogens (tertiary/aromatic N) is 1. The molecule has 0 aromatic carbocycles. The van der Waals surface area contributed by atoms with Gasteiger partial charge in [-0.15, -0.1) is 0 Å². The highest BCUT2D eigenvalue weighted by atomic mass is 16.4. The van der Waals surface area contributed by atoms with Crippen LogP contribution in [0.5, 0.6) is 0 Å². The molecule has 0 bridgehead atoms. The monoisotopic (exact) mass is 196 g/mol. The fourth-order valence-corrected chi connectivity index (χ4v) is 1.63. The maximum absolute atomic E-state index is 10.6. The Labute approximate surface area is 83.9 Å². The van der Waals surface area contributed by atoms with Crippen LogP contribution in [0.3, 0.4) is 0 Å². The number of aliphatic carboxylic acids is 1. The molecule has 0 atom stereocenters. The Morgan fingerprint density at radius 3 is 2.64 bits per heavy atom. The van der Waals surface area contributed by atoms with Gasteiger partial charge in [0.2, 0.25) is 0 Å². The summed E-state index contributed by atoms with van der Waals surface area (Å²) in [5.41, 5.74) is -0.576. The van der Waals surface area contributed by atoms with E-state index in [0.29, 0.717) is 18.8 Å². The second kappa shape index (κ2) is 3.97. The average Bonchev–Trinajstić information content (AvgIpc) is 2.02. The number of nitrogens with one attached hydrogen (secondary N) is 1. The molecule has 1 saturated carbocycles. The second-order valence-electron chi connectivity index (χ2n) is 4.41. The summed E-state index contributed by atoms with van der Waals surface area (Å²) in [6.07, 6.45) is 0.872. The molecule has 0 aliphatic heterocycles. The van der Waals surface area contributed by atoms with Crippen LogP contribution < -0.4 is 5.32 Å². The van der Waals surface area contributed by atoms with Gasteiger partial charge < -0.3 is 5.11 Å². The minimum atomic E-state index is -0.790. The number of carbonyl (C=O) groups is 1. The Balaban J connectivity index is 2.42. The largest absolute Gasteiger partial charge is 0.481 e. The Bertz CT molecular complexity index is 262. The van der Waals surface area contributed by atoms with Gasteiger partial charge in [-0.25, -0.2) is 0 Å². The third-order valence-electron chi connectivity index (χ3n) is 2.60. The van der Waals surface area contributed by atoms with Crippen LogP contribution >= 0.6 is 0 Å². The molecule has 1 fully saturated rings. The lowest BCUT2D eigenvalue weighted by Crippen LogP contribution is -2.56. The van der Waals surface area contributed by atoms with Gasteiger partial charge in [-0.3, -0.25) is 10.1 Å². The summed E-state index contributed by atoms with van der Waals surface area (Å²) in [6.45, 7) is 4.89. The molecule has 1 aliphatic rings. The van der Waals surface area contributed by atoms with Crippen molar-refractivity contribution in [1.82, 2.24) is 5.32 Å². The molecule has 4 nitrogen and oxygen atoms in total. The van der Waals surface area contributed by atoms with Crippen LogP contribution in [-0.2, 0) is 4.79 Å². The van der Waals surface area contributed by atoms with E-state index in [4.69, 9.17) is 10.4 Å². The van der Waals surface area contributed by atoms with E-state index in [0.717, 1.165) is 6.54 Å². The SMILES string of the molecule is CC(C)CNC1(C#N)CC(C(=O)O)C1. The predicted octanol–water partition coefficient (Wildman–Crippen LogP) is 0.989. The van der Waals surface area contributed by atoms with Crippen molar-refractivity contribution in [3.8, 4) is 6.07 Å². The average molecular weight is 196 g/mol. The number of carboxylic acids is 1. The van der Waals surface area contributed by atoms with E-state index in [1.807, 2.05) is 0 Å². The maximum Gasteiger partial charge on any atom is 0.306 e. The first kappa shape index (κ1) is 11.0. The zero-order chi connectivity index (χ0) is 10.8. The minimum absolute atomic E-state index is 0.339. The van der Waals surface area contributed by atoms with Crippen molar-refractivity contribution in [3.05, 3.63) is 0 Å². The molecular formula is C10H16N2O2. The first-order valence-corrected chi connectivity index (χ1v) is 4.88. The summed E-state index contributed by atoms with van der Waals surface area (Å²) in [5, 5.41) is 20.8. The van der Waals surface area contributed by atoms with E-state index < -0.39 is 11.5 Å². The van der Waals surface area contributed by atoms with E-state index >= 15 is 0 Å². The highest BCUT2D eigenvalue weighted by molar-refractivity contribution is 5.72. The van der Waals surface area contributed by atoms with E-state index in [9.17, 15) is 4.79 Å². The molecule has 0 heterocycles. The van der Waals surface area contributed by atoms with E-state index in [1.54, 1.807) is 0 Å². The van der Waals surface area contributed by atoms with Gasteiger partial charge in [-0.05, 0) is 25.3 Å². The highest BCUT2D eigenvalue weighted by Crippen LogP contribution is 2.37. The van der Waals surface area contributed by atoms with Gasteiger partial charge in [0, 0.05) is 0 Å². The standard InChI is InChI=1S/C10H16N2O2/c1-7(2)5-12-10(6-11)3-8(4-10)9(13)14/h7-8,12H,3-5H2,1-2H3,(H,13,14). The summed E-state index contributed by atoms with van der Waals surface area (Å²) in [7, 11) is 0. The van der Waals surface area contributed by atoms with Crippen LogP contribution in [0.15, 0.2) is 0 Å². The van der Waals surface area contributed by atoms with Gasteiger partial charge >= 0.3 is 5.97 Å². The maximum atomic E-state index is 10.6. The number of hydrogen-bond donors (Lipinski definition) is 2. The van der Waals surface area contributed by atoms with Gasteiger partial charge in [0.25, 0.3) is 0 Å². The molecule has 1 rings (SSSR count). The summed E-state index contributed by atoms with van der Waals surface area (Å²) in [6, 6.07) is 2.18. The van der Waals surface area contributed by atoms with Gasteiger partial charge in [0.05, 0.1) is 12.0 Å². The predicted molar refractivity (Wildman–Crippen MR) is 51.5 cm³/mol. The van der Waals surface area contributed by atoms with Gasteiger partial charge in [-0.1, -0.05) is 13.8 Å². The van der Waals surface area contributed by atoms with Gasteiger partial charge in [-0.2, -0.15) is 5.26 Å². The van der Waals surface area contributed by atoms with Crippen LogP contribution in [0.2, 0.25) is 0 Å². The van der Waals surface area contributed by atoms with E-state index in [1.165, 1.54) is 0 Å². The second-order valence-corrected chi connectivity index (χ2v) is 4.41. The van der Waals surface area contributed by atoms with Crippen molar-refractivity contribution < 1.29 is 9.90 Å². The van der Waals surface area contributed by atoms with Crippen molar-refractivity contribution in [2.24, 2.45) is 11.8 Å². The fraction of sp³-hybridized carbons (Fsp3) is 0.800. The third-order valence-corrected chi connectivity index (χ3v) is 2.60. The summed E-state index contributed by atoms with van der Waals surface area (Å²) in [4.78, 5) is 10.6. The van der Waals surface area contributed by atoms with Crippen LogP contribution in [-0.4, -0.2) is 23.2 Å². The summed E-state index contributed by atoms with van der Waals surface area (Å²) in [5.74, 6) is -0.652. The van der Waals surface area contributed by atoms with Crippen molar-refractivity contribution >= 4 is 5.97 Å². The van der Waals surface area contributed by atoms with Crippen molar-refractivity contribution in [2.45, 2.75) is 32.2 Å². The molecule has 14 heavy (non-hydrogen) atoms. The lowest BCUT2D eigenvalue weighted by Gasteiger charge is -2.41. The quantitative estimate of drug-likeness (QED) is 0.703. The molecule has 0 amide bonds. The number of hydrogen-bond acceptors (Lipinski definition) is 3. The van der Waals surface area contributed by atoms with Gasteiger partial charge in [0.1, 0.15) is 5.54 Å². The zero-order valence-electron chi connectivity index (χ0n) is 8.58. The Hall–Kier alpha value is -1.08. The number of nitriles is 1. The lowest BCUT2D eigenvalue weighted by atomic mass is 9.69. The molecule has 0 saturated heterocycles. The van der Waals surface area contributed by atoms with Crippen LogP contribution in [0, 0.1) is 23.2 Å².